The van der Waals surface area contributed by atoms with E-state index in [2.05, 4.69) is 17.2 Å². The Morgan fingerprint density at radius 1 is 0.957 bits per heavy atom. The van der Waals surface area contributed by atoms with Gasteiger partial charge in [-0.15, -0.1) is 0 Å². The third-order valence-electron chi connectivity index (χ3n) is 3.61. The molecule has 0 saturated carbocycles. The van der Waals surface area contributed by atoms with Crippen molar-refractivity contribution < 1.29 is 4.74 Å². The minimum Gasteiger partial charge on any atom is -0.378 e. The zero-order chi connectivity index (χ0) is 16.1. The number of pyridine rings is 1. The molecule has 0 aliphatic rings. The van der Waals surface area contributed by atoms with Gasteiger partial charge in [-0.1, -0.05) is 30.3 Å². The van der Waals surface area contributed by atoms with Crippen LogP contribution < -0.4 is 5.56 Å². The molecule has 118 valence electrons. The van der Waals surface area contributed by atoms with Crippen LogP contribution in [-0.4, -0.2) is 21.5 Å². The topological polar surface area (TPSA) is 49.0 Å². The van der Waals surface area contributed by atoms with Crippen LogP contribution in [-0.2, 0) is 24.4 Å². The van der Waals surface area contributed by atoms with Gasteiger partial charge in [0.15, 0.2) is 0 Å². The zero-order valence-electron chi connectivity index (χ0n) is 13.1. The van der Waals surface area contributed by atoms with E-state index in [1.807, 2.05) is 35.1 Å². The van der Waals surface area contributed by atoms with Crippen molar-refractivity contribution in [2.75, 3.05) is 7.11 Å². The Bertz CT molecular complexity index is 819. The van der Waals surface area contributed by atoms with E-state index in [4.69, 9.17) is 4.74 Å². The van der Waals surface area contributed by atoms with E-state index in [0.29, 0.717) is 13.2 Å². The summed E-state index contributed by atoms with van der Waals surface area (Å²) in [5, 5.41) is 4.44. The molecule has 2 aromatic heterocycles. The van der Waals surface area contributed by atoms with Crippen molar-refractivity contribution in [2.24, 2.45) is 0 Å². The number of ether oxygens (including phenoxy) is 1. The summed E-state index contributed by atoms with van der Waals surface area (Å²) in [5.74, 6) is 0. The Morgan fingerprint density at radius 3 is 2.39 bits per heavy atom. The molecule has 0 bridgehead atoms. The van der Waals surface area contributed by atoms with Crippen LogP contribution >= 0.6 is 0 Å². The van der Waals surface area contributed by atoms with E-state index in [9.17, 15) is 4.79 Å². The molecule has 0 unspecified atom stereocenters. The van der Waals surface area contributed by atoms with Crippen LogP contribution in [0.3, 0.4) is 0 Å². The first-order valence-corrected chi connectivity index (χ1v) is 7.49. The zero-order valence-corrected chi connectivity index (χ0v) is 13.1. The van der Waals surface area contributed by atoms with Gasteiger partial charge in [0.1, 0.15) is 0 Å². The van der Waals surface area contributed by atoms with Crippen molar-refractivity contribution in [1.82, 2.24) is 14.3 Å². The van der Waals surface area contributed by atoms with Gasteiger partial charge in [0.05, 0.1) is 25.4 Å². The van der Waals surface area contributed by atoms with Crippen molar-refractivity contribution in [3.05, 3.63) is 88.1 Å². The predicted molar refractivity (Wildman–Crippen MR) is 88.3 cm³/mol. The van der Waals surface area contributed by atoms with Gasteiger partial charge >= 0.3 is 0 Å². The highest BCUT2D eigenvalue weighted by molar-refractivity contribution is 5.23. The molecule has 0 spiro atoms. The maximum absolute atomic E-state index is 11.7. The highest BCUT2D eigenvalue weighted by atomic mass is 16.5. The molecule has 0 aliphatic carbocycles. The quantitative estimate of drug-likeness (QED) is 0.702. The number of benzene rings is 1. The monoisotopic (exact) mass is 309 g/mol. The summed E-state index contributed by atoms with van der Waals surface area (Å²) in [6, 6.07) is 15.4. The van der Waals surface area contributed by atoms with Crippen molar-refractivity contribution in [3.8, 4) is 0 Å². The molecule has 0 atom stereocenters. The second-order valence-corrected chi connectivity index (χ2v) is 5.42. The van der Waals surface area contributed by atoms with Gasteiger partial charge in [-0.3, -0.25) is 9.48 Å². The predicted octanol–water partition coefficient (Wildman–Crippen LogP) is 2.29. The van der Waals surface area contributed by atoms with E-state index in [-0.39, 0.29) is 5.56 Å². The Hall–Kier alpha value is -2.66. The first-order valence-electron chi connectivity index (χ1n) is 7.49. The molecule has 2 heterocycles. The van der Waals surface area contributed by atoms with Crippen molar-refractivity contribution >= 4 is 0 Å². The lowest BCUT2D eigenvalue weighted by molar-refractivity contribution is 0.181. The van der Waals surface area contributed by atoms with Gasteiger partial charge in [0.25, 0.3) is 5.56 Å². The van der Waals surface area contributed by atoms with E-state index < -0.39 is 0 Å². The lowest BCUT2D eigenvalue weighted by Gasteiger charge is -2.07. The van der Waals surface area contributed by atoms with Crippen molar-refractivity contribution in [1.29, 1.82) is 0 Å². The van der Waals surface area contributed by atoms with Crippen LogP contribution in [0.1, 0.15) is 16.8 Å². The maximum Gasteiger partial charge on any atom is 0.250 e. The number of aromatic nitrogens is 3. The van der Waals surface area contributed by atoms with Crippen LogP contribution in [0.25, 0.3) is 0 Å². The molecule has 3 rings (SSSR count). The Kier molecular flexibility index (Phi) is 4.68. The first kappa shape index (κ1) is 15.2. The van der Waals surface area contributed by atoms with E-state index >= 15 is 0 Å². The smallest absolute Gasteiger partial charge is 0.250 e. The number of hydrogen-bond donors (Lipinski definition) is 0. The molecule has 0 saturated heterocycles. The normalized spacial score (nSPS) is 10.8. The summed E-state index contributed by atoms with van der Waals surface area (Å²) in [4.78, 5) is 11.7. The molecule has 23 heavy (non-hydrogen) atoms. The Morgan fingerprint density at radius 2 is 1.70 bits per heavy atom. The highest BCUT2D eigenvalue weighted by Gasteiger charge is 2.01. The average molecular weight is 309 g/mol. The second-order valence-electron chi connectivity index (χ2n) is 5.42. The molecule has 0 fully saturated rings. The summed E-state index contributed by atoms with van der Waals surface area (Å²) in [7, 11) is 1.66. The molecule has 0 N–H and O–H groups in total. The van der Waals surface area contributed by atoms with E-state index in [1.54, 1.807) is 30.0 Å². The Balaban J connectivity index is 1.67. The Labute approximate surface area is 134 Å². The lowest BCUT2D eigenvalue weighted by atomic mass is 10.1. The summed E-state index contributed by atoms with van der Waals surface area (Å²) < 4.78 is 8.66. The fourth-order valence-corrected chi connectivity index (χ4v) is 2.44. The highest BCUT2D eigenvalue weighted by Crippen LogP contribution is 2.08. The third kappa shape index (κ3) is 3.96. The standard InChI is InChI=1S/C18H19N3O2/c1-23-14-17-9-11-21(19-17)13-16-7-5-15(6-8-16)12-20-10-3-2-4-18(20)22/h2-11H,12-14H2,1H3. The molecular weight excluding hydrogens is 290 g/mol. The van der Waals surface area contributed by atoms with Crippen molar-refractivity contribution in [2.45, 2.75) is 19.7 Å². The summed E-state index contributed by atoms with van der Waals surface area (Å²) in [5.41, 5.74) is 3.20. The molecule has 5 nitrogen and oxygen atoms in total. The van der Waals surface area contributed by atoms with Gasteiger partial charge in [0, 0.05) is 25.6 Å². The third-order valence-corrected chi connectivity index (χ3v) is 3.61. The number of rotatable bonds is 6. The molecular formula is C18H19N3O2. The van der Waals surface area contributed by atoms with Crippen LogP contribution in [0.5, 0.6) is 0 Å². The largest absolute Gasteiger partial charge is 0.378 e. The maximum atomic E-state index is 11.7. The van der Waals surface area contributed by atoms with Gasteiger partial charge in [0.2, 0.25) is 0 Å². The first-order chi connectivity index (χ1) is 11.2. The van der Waals surface area contributed by atoms with Gasteiger partial charge in [-0.2, -0.15) is 5.10 Å². The van der Waals surface area contributed by atoms with Gasteiger partial charge in [-0.25, -0.2) is 0 Å². The molecule has 0 aliphatic heterocycles. The van der Waals surface area contributed by atoms with E-state index in [0.717, 1.165) is 17.8 Å². The average Bonchev–Trinajstić information content (AvgIpc) is 2.99. The molecule has 5 heteroatoms. The van der Waals surface area contributed by atoms with Gasteiger partial charge < -0.3 is 9.30 Å². The number of methoxy groups -OCH3 is 1. The molecule has 0 radical (unpaired) electrons. The SMILES string of the molecule is COCc1ccn(Cc2ccc(Cn3ccccc3=O)cc2)n1. The van der Waals surface area contributed by atoms with Crippen LogP contribution in [0.2, 0.25) is 0 Å². The molecule has 3 aromatic rings. The second kappa shape index (κ2) is 7.07. The lowest BCUT2D eigenvalue weighted by Crippen LogP contribution is -2.18. The van der Waals surface area contributed by atoms with E-state index in [1.165, 1.54) is 5.56 Å². The van der Waals surface area contributed by atoms with Crippen LogP contribution in [0.15, 0.2) is 65.7 Å². The number of hydrogen-bond acceptors (Lipinski definition) is 3. The van der Waals surface area contributed by atoms with Crippen LogP contribution in [0.4, 0.5) is 0 Å². The van der Waals surface area contributed by atoms with Crippen LogP contribution in [0, 0.1) is 0 Å². The molecule has 0 amide bonds. The van der Waals surface area contributed by atoms with Crippen molar-refractivity contribution in [3.63, 3.8) is 0 Å². The minimum absolute atomic E-state index is 0.0128. The minimum atomic E-state index is 0.0128. The summed E-state index contributed by atoms with van der Waals surface area (Å²) >= 11 is 0. The molecule has 1 aromatic carbocycles. The fourth-order valence-electron chi connectivity index (χ4n) is 2.44. The fraction of sp³-hybridized carbons (Fsp3) is 0.222. The summed E-state index contributed by atoms with van der Waals surface area (Å²) in [6.45, 7) is 1.83. The summed E-state index contributed by atoms with van der Waals surface area (Å²) in [6.07, 6.45) is 3.75. The van der Waals surface area contributed by atoms with Gasteiger partial charge in [-0.05, 0) is 23.3 Å². The number of nitrogens with zero attached hydrogens (tertiary/aromatic N) is 3.